The van der Waals surface area contributed by atoms with Gasteiger partial charge in [-0.05, 0) is 30.5 Å². The second-order valence-electron chi connectivity index (χ2n) is 4.82. The molecule has 1 saturated heterocycles. The van der Waals surface area contributed by atoms with Crippen LogP contribution in [0.5, 0.6) is 0 Å². The van der Waals surface area contributed by atoms with Gasteiger partial charge in [-0.2, -0.15) is 0 Å². The lowest BCUT2D eigenvalue weighted by Crippen LogP contribution is -2.41. The molecule has 20 heavy (non-hydrogen) atoms. The quantitative estimate of drug-likeness (QED) is 0.872. The maximum Gasteiger partial charge on any atom is 0.308 e. The topological polar surface area (TPSA) is 57.6 Å². The summed E-state index contributed by atoms with van der Waals surface area (Å²) in [5, 5.41) is 9.59. The first-order valence-electron chi connectivity index (χ1n) is 6.52. The van der Waals surface area contributed by atoms with E-state index in [4.69, 9.17) is 16.7 Å². The number of rotatable bonds is 3. The van der Waals surface area contributed by atoms with E-state index in [0.29, 0.717) is 18.0 Å². The molecule has 0 unspecified atom stereocenters. The summed E-state index contributed by atoms with van der Waals surface area (Å²) in [5.74, 6) is -1.46. The molecule has 1 atom stereocenters. The van der Waals surface area contributed by atoms with Crippen LogP contribution >= 0.6 is 11.6 Å². The van der Waals surface area contributed by atoms with Crippen LogP contribution in [0.3, 0.4) is 0 Å². The molecule has 2 rings (SSSR count). The van der Waals surface area contributed by atoms with Crippen LogP contribution in [0.4, 0.5) is 0 Å². The van der Waals surface area contributed by atoms with Gasteiger partial charge in [-0.3, -0.25) is 9.59 Å². The number of amides is 1. The maximum atomic E-state index is 12.1. The lowest BCUT2D eigenvalue weighted by atomic mass is 9.98. The van der Waals surface area contributed by atoms with Gasteiger partial charge in [-0.1, -0.05) is 29.8 Å². The van der Waals surface area contributed by atoms with Crippen molar-refractivity contribution in [2.24, 2.45) is 5.92 Å². The van der Waals surface area contributed by atoms with Crippen molar-refractivity contribution in [2.75, 3.05) is 13.1 Å². The average molecular weight is 294 g/mol. The third-order valence-corrected chi connectivity index (χ3v) is 3.74. The zero-order valence-corrected chi connectivity index (χ0v) is 11.7. The fraction of sp³-hybridized carbons (Fsp3) is 0.333. The van der Waals surface area contributed by atoms with E-state index >= 15 is 0 Å². The number of piperidine rings is 1. The third-order valence-electron chi connectivity index (χ3n) is 3.39. The highest BCUT2D eigenvalue weighted by Crippen LogP contribution is 2.19. The van der Waals surface area contributed by atoms with E-state index < -0.39 is 11.9 Å². The van der Waals surface area contributed by atoms with Crippen molar-refractivity contribution in [3.05, 3.63) is 40.9 Å². The molecule has 5 heteroatoms. The minimum absolute atomic E-state index is 0.170. The molecule has 1 aliphatic heterocycles. The molecule has 1 heterocycles. The van der Waals surface area contributed by atoms with Crippen molar-refractivity contribution in [3.63, 3.8) is 0 Å². The van der Waals surface area contributed by atoms with Gasteiger partial charge in [0.15, 0.2) is 0 Å². The molecule has 1 aliphatic rings. The van der Waals surface area contributed by atoms with Gasteiger partial charge < -0.3 is 10.0 Å². The van der Waals surface area contributed by atoms with Crippen LogP contribution in [-0.4, -0.2) is 35.0 Å². The van der Waals surface area contributed by atoms with E-state index in [9.17, 15) is 9.59 Å². The van der Waals surface area contributed by atoms with Crippen LogP contribution < -0.4 is 0 Å². The van der Waals surface area contributed by atoms with E-state index in [2.05, 4.69) is 0 Å². The van der Waals surface area contributed by atoms with Crippen molar-refractivity contribution in [2.45, 2.75) is 12.8 Å². The molecule has 106 valence electrons. The van der Waals surface area contributed by atoms with Crippen molar-refractivity contribution in [1.82, 2.24) is 4.90 Å². The van der Waals surface area contributed by atoms with E-state index in [0.717, 1.165) is 12.0 Å². The molecule has 0 radical (unpaired) electrons. The summed E-state index contributed by atoms with van der Waals surface area (Å²) in [5.41, 5.74) is 0.773. The number of hydrogen-bond donors (Lipinski definition) is 1. The predicted molar refractivity (Wildman–Crippen MR) is 77.4 cm³/mol. The molecule has 1 aromatic carbocycles. The highest BCUT2D eigenvalue weighted by atomic mass is 35.5. The fourth-order valence-electron chi connectivity index (χ4n) is 2.26. The highest BCUT2D eigenvalue weighted by molar-refractivity contribution is 6.32. The van der Waals surface area contributed by atoms with E-state index in [-0.39, 0.29) is 12.5 Å². The summed E-state index contributed by atoms with van der Waals surface area (Å²) in [6, 6.07) is 7.25. The van der Waals surface area contributed by atoms with Gasteiger partial charge >= 0.3 is 5.97 Å². The number of carbonyl (C=O) groups excluding carboxylic acids is 1. The second-order valence-corrected chi connectivity index (χ2v) is 5.22. The van der Waals surface area contributed by atoms with Gasteiger partial charge in [-0.15, -0.1) is 0 Å². The molecule has 4 nitrogen and oxygen atoms in total. The van der Waals surface area contributed by atoms with Crippen molar-refractivity contribution >= 4 is 29.6 Å². The molecular weight excluding hydrogens is 278 g/mol. The van der Waals surface area contributed by atoms with E-state index in [1.807, 2.05) is 18.2 Å². The molecule has 0 spiro atoms. The Morgan fingerprint density at radius 2 is 2.10 bits per heavy atom. The average Bonchev–Trinajstić information content (AvgIpc) is 2.46. The van der Waals surface area contributed by atoms with Gasteiger partial charge in [0.1, 0.15) is 0 Å². The lowest BCUT2D eigenvalue weighted by molar-refractivity contribution is -0.144. The first-order chi connectivity index (χ1) is 9.58. The van der Waals surface area contributed by atoms with Gasteiger partial charge in [0.2, 0.25) is 5.91 Å². The number of likely N-dealkylation sites (tertiary alicyclic amines) is 1. The smallest absolute Gasteiger partial charge is 0.308 e. The predicted octanol–water partition coefficient (Wildman–Crippen LogP) is 2.68. The summed E-state index contributed by atoms with van der Waals surface area (Å²) in [4.78, 5) is 24.6. The van der Waals surface area contributed by atoms with Crippen LogP contribution in [-0.2, 0) is 9.59 Å². The number of hydrogen-bond acceptors (Lipinski definition) is 2. The normalized spacial score (nSPS) is 19.2. The SMILES string of the molecule is O=C(O)[C@@H]1CCCN(C(=O)/C=C/c2ccccc2Cl)C1. The molecule has 1 amide bonds. The van der Waals surface area contributed by atoms with Gasteiger partial charge in [-0.25, -0.2) is 0 Å². The zero-order chi connectivity index (χ0) is 14.5. The number of halogens is 1. The van der Waals surface area contributed by atoms with Crippen LogP contribution in [0.25, 0.3) is 6.08 Å². The Hall–Kier alpha value is -1.81. The van der Waals surface area contributed by atoms with Crippen LogP contribution in [0.2, 0.25) is 5.02 Å². The molecule has 0 aromatic heterocycles. The molecular formula is C15H16ClNO3. The number of benzene rings is 1. The Morgan fingerprint density at radius 1 is 1.35 bits per heavy atom. The summed E-state index contributed by atoms with van der Waals surface area (Å²) >= 11 is 6.00. The molecule has 0 bridgehead atoms. The minimum Gasteiger partial charge on any atom is -0.481 e. The number of carbonyl (C=O) groups is 2. The summed E-state index contributed by atoms with van der Waals surface area (Å²) in [6.45, 7) is 0.885. The van der Waals surface area contributed by atoms with E-state index in [1.165, 1.54) is 6.08 Å². The molecule has 1 N–H and O–H groups in total. The minimum atomic E-state index is -0.836. The Kier molecular flexibility index (Phi) is 4.79. The Balaban J connectivity index is 2.01. The summed E-state index contributed by atoms with van der Waals surface area (Å²) in [7, 11) is 0. The standard InChI is InChI=1S/C15H16ClNO3/c16-13-6-2-1-4-11(13)7-8-14(18)17-9-3-5-12(10-17)15(19)20/h1-2,4,6-8,12H,3,5,9-10H2,(H,19,20)/b8-7+/t12-/m1/s1. The molecule has 1 fully saturated rings. The monoisotopic (exact) mass is 293 g/mol. The molecule has 1 aromatic rings. The zero-order valence-electron chi connectivity index (χ0n) is 11.0. The number of carboxylic acid groups (broad SMARTS) is 1. The highest BCUT2D eigenvalue weighted by Gasteiger charge is 2.27. The third kappa shape index (κ3) is 3.61. The van der Waals surface area contributed by atoms with Crippen molar-refractivity contribution < 1.29 is 14.7 Å². The van der Waals surface area contributed by atoms with Crippen molar-refractivity contribution in [3.8, 4) is 0 Å². The van der Waals surface area contributed by atoms with Crippen LogP contribution in [0, 0.1) is 5.92 Å². The second kappa shape index (κ2) is 6.57. The first kappa shape index (κ1) is 14.6. The van der Waals surface area contributed by atoms with Crippen molar-refractivity contribution in [1.29, 1.82) is 0 Å². The summed E-state index contributed by atoms with van der Waals surface area (Å²) in [6.07, 6.45) is 4.47. The molecule has 0 aliphatic carbocycles. The lowest BCUT2D eigenvalue weighted by Gasteiger charge is -2.29. The van der Waals surface area contributed by atoms with Gasteiger partial charge in [0.25, 0.3) is 0 Å². The van der Waals surface area contributed by atoms with Gasteiger partial charge in [0.05, 0.1) is 5.92 Å². The van der Waals surface area contributed by atoms with Crippen LogP contribution in [0.15, 0.2) is 30.3 Å². The maximum absolute atomic E-state index is 12.1. The Bertz CT molecular complexity index is 542. The molecule has 0 saturated carbocycles. The Morgan fingerprint density at radius 3 is 2.80 bits per heavy atom. The first-order valence-corrected chi connectivity index (χ1v) is 6.90. The van der Waals surface area contributed by atoms with Crippen LogP contribution in [0.1, 0.15) is 18.4 Å². The number of nitrogens with zero attached hydrogens (tertiary/aromatic N) is 1. The largest absolute Gasteiger partial charge is 0.481 e. The van der Waals surface area contributed by atoms with E-state index in [1.54, 1.807) is 17.0 Å². The Labute approximate surface area is 122 Å². The summed E-state index contributed by atoms with van der Waals surface area (Å²) < 4.78 is 0. The number of aliphatic carboxylic acids is 1. The number of carboxylic acids is 1. The fourth-order valence-corrected chi connectivity index (χ4v) is 2.45. The van der Waals surface area contributed by atoms with Gasteiger partial charge in [0, 0.05) is 24.2 Å².